The molecule has 14 heteroatoms. The van der Waals surface area contributed by atoms with E-state index in [0.717, 1.165) is 67.1 Å². The molecule has 264 valence electrons. The van der Waals surface area contributed by atoms with E-state index < -0.39 is 23.8 Å². The van der Waals surface area contributed by atoms with Gasteiger partial charge in [0.15, 0.2) is 5.13 Å². The first-order chi connectivity index (χ1) is 24.6. The maximum absolute atomic E-state index is 14.4. The molecule has 2 fully saturated rings. The van der Waals surface area contributed by atoms with Crippen molar-refractivity contribution >= 4 is 51.5 Å². The predicted molar refractivity (Wildman–Crippen MR) is 191 cm³/mol. The number of fused-ring (bicyclic) bond motifs is 1. The predicted octanol–water partition coefficient (Wildman–Crippen LogP) is 4.64. The number of carbonyl (C=O) groups excluding carboxylic acids is 4. The standard InChI is InChI=1S/C37H38FN7O5S/c1-43(20-22-3-2-4-25(17-22)40-30-8-10-32(47)41-34(30)48)26-11-14-44(15-12-26)27-7-5-23-21-45(36(50)28(23)19-27)33(29-18-24(38)6-9-31(29)46)35(49)42-37-39-13-16-51-37/h2-7,9,13,16-19,26,30,33,40,46H,8,10-12,14-15,20-21H2,1H3,(H,39,42,49)(H,41,47,48). The minimum absolute atomic E-state index is 0.00562. The molecular formula is C37H38FN7O5S. The van der Waals surface area contributed by atoms with E-state index in [1.165, 1.54) is 22.3 Å². The summed E-state index contributed by atoms with van der Waals surface area (Å²) >= 11 is 1.21. The number of benzene rings is 3. The number of aromatic hydroxyl groups is 1. The van der Waals surface area contributed by atoms with Crippen LogP contribution in [0.25, 0.3) is 0 Å². The summed E-state index contributed by atoms with van der Waals surface area (Å²) in [4.78, 5) is 61.3. The molecule has 4 amide bonds. The Morgan fingerprint density at radius 3 is 2.69 bits per heavy atom. The van der Waals surface area contributed by atoms with Gasteiger partial charge >= 0.3 is 0 Å². The molecule has 51 heavy (non-hydrogen) atoms. The van der Waals surface area contributed by atoms with Crippen LogP contribution in [0.3, 0.4) is 0 Å². The minimum atomic E-state index is -1.28. The van der Waals surface area contributed by atoms with Crippen LogP contribution in [0.4, 0.5) is 20.9 Å². The lowest BCUT2D eigenvalue weighted by Gasteiger charge is -2.38. The number of rotatable bonds is 10. The van der Waals surface area contributed by atoms with E-state index >= 15 is 0 Å². The molecule has 1 aromatic heterocycles. The van der Waals surface area contributed by atoms with Gasteiger partial charge in [0.25, 0.3) is 11.8 Å². The van der Waals surface area contributed by atoms with Crippen molar-refractivity contribution in [3.63, 3.8) is 0 Å². The van der Waals surface area contributed by atoms with Crippen LogP contribution in [0.2, 0.25) is 0 Å². The Hall–Kier alpha value is -5.34. The van der Waals surface area contributed by atoms with Crippen molar-refractivity contribution in [1.82, 2.24) is 20.1 Å². The zero-order valence-corrected chi connectivity index (χ0v) is 28.8. The minimum Gasteiger partial charge on any atom is -0.508 e. The van der Waals surface area contributed by atoms with Gasteiger partial charge in [0, 0.05) is 72.7 Å². The topological polar surface area (TPSA) is 147 Å². The normalized spacial score (nSPS) is 18.5. The van der Waals surface area contributed by atoms with Crippen molar-refractivity contribution in [2.24, 2.45) is 0 Å². The van der Waals surface area contributed by atoms with Crippen molar-refractivity contribution < 1.29 is 28.7 Å². The lowest BCUT2D eigenvalue weighted by Crippen LogP contribution is -2.47. The molecule has 3 aliphatic rings. The van der Waals surface area contributed by atoms with Gasteiger partial charge in [0.1, 0.15) is 23.7 Å². The third kappa shape index (κ3) is 7.42. The van der Waals surface area contributed by atoms with Gasteiger partial charge in [-0.15, -0.1) is 11.3 Å². The number of piperidine rings is 2. The van der Waals surface area contributed by atoms with Crippen LogP contribution in [0.5, 0.6) is 5.75 Å². The Balaban J connectivity index is 0.994. The number of imide groups is 1. The molecule has 0 aliphatic carbocycles. The maximum atomic E-state index is 14.4. The van der Waals surface area contributed by atoms with Crippen molar-refractivity contribution in [2.45, 2.75) is 56.9 Å². The van der Waals surface area contributed by atoms with Crippen LogP contribution in [0.15, 0.2) is 72.2 Å². The summed E-state index contributed by atoms with van der Waals surface area (Å²) in [5, 5.41) is 21.0. The molecule has 7 rings (SSSR count). The average molecular weight is 712 g/mol. The van der Waals surface area contributed by atoms with Crippen LogP contribution < -0.4 is 20.9 Å². The molecule has 0 spiro atoms. The number of anilines is 3. The van der Waals surface area contributed by atoms with Gasteiger partial charge in [-0.3, -0.25) is 34.7 Å². The highest BCUT2D eigenvalue weighted by molar-refractivity contribution is 7.13. The fourth-order valence-corrected chi connectivity index (χ4v) is 7.68. The number of nitrogens with zero attached hydrogens (tertiary/aromatic N) is 4. The quantitative estimate of drug-likeness (QED) is 0.173. The second-order valence-electron chi connectivity index (χ2n) is 13.2. The summed E-state index contributed by atoms with van der Waals surface area (Å²) in [6, 6.07) is 15.7. The Morgan fingerprint density at radius 1 is 1.10 bits per heavy atom. The van der Waals surface area contributed by atoms with Gasteiger partial charge in [-0.2, -0.15) is 0 Å². The third-order valence-corrected chi connectivity index (χ3v) is 10.5. The number of amides is 4. The fourth-order valence-electron chi connectivity index (χ4n) is 7.14. The first-order valence-corrected chi connectivity index (χ1v) is 17.8. The van der Waals surface area contributed by atoms with Crippen LogP contribution in [0.1, 0.15) is 58.8 Å². The molecular weight excluding hydrogens is 674 g/mol. The first-order valence-electron chi connectivity index (χ1n) is 16.9. The number of thiazole rings is 1. The van der Waals surface area contributed by atoms with E-state index in [1.54, 1.807) is 11.6 Å². The van der Waals surface area contributed by atoms with Crippen LogP contribution in [-0.2, 0) is 27.5 Å². The lowest BCUT2D eigenvalue weighted by molar-refractivity contribution is -0.133. The van der Waals surface area contributed by atoms with Crippen molar-refractivity contribution in [2.75, 3.05) is 35.7 Å². The van der Waals surface area contributed by atoms with Crippen molar-refractivity contribution in [3.8, 4) is 5.75 Å². The molecule has 2 atom stereocenters. The second kappa shape index (κ2) is 14.5. The van der Waals surface area contributed by atoms with E-state index in [4.69, 9.17) is 0 Å². The van der Waals surface area contributed by atoms with E-state index in [0.29, 0.717) is 29.6 Å². The van der Waals surface area contributed by atoms with Crippen molar-refractivity contribution in [3.05, 3.63) is 100 Å². The number of phenolic OH excluding ortho intramolecular Hbond substituents is 1. The number of phenols is 1. The van der Waals surface area contributed by atoms with E-state index in [-0.39, 0.29) is 35.6 Å². The molecule has 4 aromatic rings. The molecule has 0 bridgehead atoms. The van der Waals surface area contributed by atoms with E-state index in [1.807, 2.05) is 36.4 Å². The Morgan fingerprint density at radius 2 is 1.92 bits per heavy atom. The lowest BCUT2D eigenvalue weighted by atomic mass is 10.0. The number of halogens is 1. The Bertz CT molecular complexity index is 1970. The SMILES string of the molecule is CN(Cc1cccc(NC2CCC(=O)NC2=O)c1)C1CCN(c2ccc3c(c2)C(=O)N(C(C(=O)Nc2nccs2)c2cc(F)ccc2O)C3)CC1. The number of aromatic nitrogens is 1. The fraction of sp³-hybridized carbons (Fsp3) is 0.324. The summed E-state index contributed by atoms with van der Waals surface area (Å²) < 4.78 is 14.4. The Labute approximate surface area is 298 Å². The van der Waals surface area contributed by atoms with E-state index in [2.05, 4.69) is 43.8 Å². The molecule has 4 N–H and O–H groups in total. The number of hydrogen-bond acceptors (Lipinski definition) is 10. The number of nitrogens with one attached hydrogen (secondary N) is 3. The highest BCUT2D eigenvalue weighted by Gasteiger charge is 2.39. The van der Waals surface area contributed by atoms with Gasteiger partial charge in [0.05, 0.1) is 0 Å². The molecule has 0 saturated carbocycles. The largest absolute Gasteiger partial charge is 0.508 e. The second-order valence-corrected chi connectivity index (χ2v) is 14.1. The van der Waals surface area contributed by atoms with E-state index in [9.17, 15) is 28.7 Å². The Kier molecular flexibility index (Phi) is 9.69. The zero-order chi connectivity index (χ0) is 35.6. The first kappa shape index (κ1) is 34.1. The van der Waals surface area contributed by atoms with Crippen LogP contribution in [0, 0.1) is 5.82 Å². The van der Waals surface area contributed by atoms with Gasteiger partial charge in [-0.1, -0.05) is 18.2 Å². The molecule has 0 radical (unpaired) electrons. The monoisotopic (exact) mass is 711 g/mol. The molecule has 3 aromatic carbocycles. The summed E-state index contributed by atoms with van der Waals surface area (Å²) in [6.07, 6.45) is 4.16. The van der Waals surface area contributed by atoms with Gasteiger partial charge in [-0.25, -0.2) is 9.37 Å². The maximum Gasteiger partial charge on any atom is 0.255 e. The summed E-state index contributed by atoms with van der Waals surface area (Å²) in [5.74, 6) is -2.43. The third-order valence-electron chi connectivity index (χ3n) is 9.82. The van der Waals surface area contributed by atoms with Crippen LogP contribution in [-0.4, -0.2) is 75.7 Å². The number of carbonyl (C=O) groups is 4. The molecule has 12 nitrogen and oxygen atoms in total. The highest BCUT2D eigenvalue weighted by atomic mass is 32.1. The summed E-state index contributed by atoms with van der Waals surface area (Å²) in [7, 11) is 2.11. The highest BCUT2D eigenvalue weighted by Crippen LogP contribution is 2.38. The number of hydrogen-bond donors (Lipinski definition) is 4. The van der Waals surface area contributed by atoms with Gasteiger partial charge in [-0.05, 0) is 79.9 Å². The average Bonchev–Trinajstić information content (AvgIpc) is 3.75. The van der Waals surface area contributed by atoms with Crippen molar-refractivity contribution in [1.29, 1.82) is 0 Å². The summed E-state index contributed by atoms with van der Waals surface area (Å²) in [6.45, 7) is 2.44. The summed E-state index contributed by atoms with van der Waals surface area (Å²) in [5.41, 5.74) is 4.08. The molecule has 2 saturated heterocycles. The molecule has 2 unspecified atom stereocenters. The van der Waals surface area contributed by atoms with Gasteiger partial charge < -0.3 is 20.2 Å². The smallest absolute Gasteiger partial charge is 0.255 e. The molecule has 3 aliphatic heterocycles. The van der Waals surface area contributed by atoms with Gasteiger partial charge in [0.2, 0.25) is 11.8 Å². The molecule has 4 heterocycles. The van der Waals surface area contributed by atoms with Crippen LogP contribution >= 0.6 is 11.3 Å². The zero-order valence-electron chi connectivity index (χ0n) is 28.0.